The highest BCUT2D eigenvalue weighted by molar-refractivity contribution is 5.87. The third-order valence-corrected chi connectivity index (χ3v) is 4.77. The molecule has 7 heteroatoms. The summed E-state index contributed by atoms with van der Waals surface area (Å²) < 4.78 is 7.81. The summed E-state index contributed by atoms with van der Waals surface area (Å²) in [6.07, 6.45) is 4.84. The molecule has 1 aromatic carbocycles. The average Bonchev–Trinajstić information content (AvgIpc) is 3.33. The number of carbonyl (C=O) groups excluding carboxylic acids is 1. The molecule has 0 unspecified atom stereocenters. The van der Waals surface area contributed by atoms with E-state index in [1.165, 1.54) is 0 Å². The Bertz CT molecular complexity index is 884. The molecule has 1 amide bonds. The van der Waals surface area contributed by atoms with E-state index in [4.69, 9.17) is 4.74 Å². The third kappa shape index (κ3) is 3.15. The van der Waals surface area contributed by atoms with Gasteiger partial charge in [-0.3, -0.25) is 9.89 Å². The highest BCUT2D eigenvalue weighted by Gasteiger charge is 2.32. The van der Waals surface area contributed by atoms with Crippen LogP contribution in [0.5, 0.6) is 0 Å². The van der Waals surface area contributed by atoms with Gasteiger partial charge in [-0.1, -0.05) is 18.2 Å². The van der Waals surface area contributed by atoms with E-state index in [9.17, 15) is 4.79 Å². The van der Waals surface area contributed by atoms with E-state index in [1.54, 1.807) is 6.20 Å². The van der Waals surface area contributed by atoms with Crippen molar-refractivity contribution in [2.75, 3.05) is 13.2 Å². The van der Waals surface area contributed by atoms with Crippen LogP contribution in [-0.2, 0) is 23.0 Å². The van der Waals surface area contributed by atoms with Crippen LogP contribution in [0.4, 0.5) is 0 Å². The molecule has 1 aliphatic rings. The number of benzene rings is 1. The predicted molar refractivity (Wildman–Crippen MR) is 92.8 cm³/mol. The number of hydrogen-bond donors (Lipinski definition) is 2. The number of nitrogens with one attached hydrogen (secondary N) is 2. The smallest absolute Gasteiger partial charge is 0.226 e. The third-order valence-electron chi connectivity index (χ3n) is 4.77. The van der Waals surface area contributed by atoms with E-state index < -0.39 is 0 Å². The van der Waals surface area contributed by atoms with Crippen molar-refractivity contribution in [1.29, 1.82) is 0 Å². The summed E-state index contributed by atoms with van der Waals surface area (Å²) in [7, 11) is 1.96. The number of aromatic nitrogens is 4. The van der Waals surface area contributed by atoms with Crippen molar-refractivity contribution in [3.63, 3.8) is 0 Å². The number of amides is 1. The minimum absolute atomic E-state index is 0.0140. The van der Waals surface area contributed by atoms with Crippen LogP contribution in [0.2, 0.25) is 0 Å². The molecule has 25 heavy (non-hydrogen) atoms. The Hall–Kier alpha value is -2.67. The fourth-order valence-corrected chi connectivity index (χ4v) is 3.40. The molecule has 3 heterocycles. The van der Waals surface area contributed by atoms with Crippen molar-refractivity contribution >= 4 is 16.8 Å². The summed E-state index contributed by atoms with van der Waals surface area (Å²) in [6.45, 7) is 1.28. The quantitative estimate of drug-likeness (QED) is 0.741. The molecule has 0 bridgehead atoms. The first kappa shape index (κ1) is 15.8. The standard InChI is InChI=1S/C18H21N5O2/c1-23-8-7-19-18(23)17-12(6-9-25-17)11-20-16(24)10-15-13-4-2-3-5-14(13)21-22-15/h2-5,7-8,12,17H,6,9-11H2,1H3,(H,20,24)(H,21,22)/t12-,17+/m0/s1. The van der Waals surface area contributed by atoms with Crippen molar-refractivity contribution in [3.8, 4) is 0 Å². The highest BCUT2D eigenvalue weighted by atomic mass is 16.5. The topological polar surface area (TPSA) is 84.8 Å². The molecule has 130 valence electrons. The van der Waals surface area contributed by atoms with Crippen molar-refractivity contribution in [2.24, 2.45) is 13.0 Å². The van der Waals surface area contributed by atoms with E-state index in [0.29, 0.717) is 19.6 Å². The van der Waals surface area contributed by atoms with Gasteiger partial charge in [-0.2, -0.15) is 5.10 Å². The number of imidazole rings is 1. The normalized spacial score (nSPS) is 20.2. The molecule has 0 spiro atoms. The second-order valence-corrected chi connectivity index (χ2v) is 6.44. The Labute approximate surface area is 145 Å². The molecule has 4 rings (SSSR count). The van der Waals surface area contributed by atoms with Gasteiger partial charge in [0.1, 0.15) is 11.9 Å². The number of nitrogens with zero attached hydrogens (tertiary/aromatic N) is 3. The number of rotatable bonds is 5. The van der Waals surface area contributed by atoms with Crippen LogP contribution in [0.25, 0.3) is 10.9 Å². The Balaban J connectivity index is 1.38. The SMILES string of the molecule is Cn1ccnc1[C@@H]1OCC[C@H]1CNC(=O)Cc1[nH]nc2ccccc12. The Morgan fingerprint density at radius 1 is 1.44 bits per heavy atom. The lowest BCUT2D eigenvalue weighted by molar-refractivity contribution is -0.120. The molecule has 7 nitrogen and oxygen atoms in total. The summed E-state index contributed by atoms with van der Waals surface area (Å²) in [4.78, 5) is 16.7. The van der Waals surface area contributed by atoms with E-state index >= 15 is 0 Å². The lowest BCUT2D eigenvalue weighted by Gasteiger charge is -2.18. The maximum Gasteiger partial charge on any atom is 0.226 e. The number of ether oxygens (including phenoxy) is 1. The van der Waals surface area contributed by atoms with Crippen LogP contribution in [-0.4, -0.2) is 38.8 Å². The number of carbonyl (C=O) groups is 1. The van der Waals surface area contributed by atoms with Crippen molar-refractivity contribution in [3.05, 3.63) is 48.2 Å². The molecule has 0 aliphatic carbocycles. The van der Waals surface area contributed by atoms with Gasteiger partial charge in [-0.25, -0.2) is 4.98 Å². The number of hydrogen-bond acceptors (Lipinski definition) is 4. The van der Waals surface area contributed by atoms with Gasteiger partial charge in [0.15, 0.2) is 0 Å². The first-order chi connectivity index (χ1) is 12.2. The van der Waals surface area contributed by atoms with Gasteiger partial charge in [0.25, 0.3) is 0 Å². The van der Waals surface area contributed by atoms with Crippen molar-refractivity contribution < 1.29 is 9.53 Å². The van der Waals surface area contributed by atoms with Gasteiger partial charge in [-0.15, -0.1) is 0 Å². The first-order valence-electron chi connectivity index (χ1n) is 8.50. The molecule has 1 fully saturated rings. The fourth-order valence-electron chi connectivity index (χ4n) is 3.40. The lowest BCUT2D eigenvalue weighted by Crippen LogP contribution is -2.32. The van der Waals surface area contributed by atoms with Crippen molar-refractivity contribution in [1.82, 2.24) is 25.1 Å². The van der Waals surface area contributed by atoms with Gasteiger partial charge in [0.05, 0.1) is 17.6 Å². The number of fused-ring (bicyclic) bond motifs is 1. The maximum absolute atomic E-state index is 12.4. The van der Waals surface area contributed by atoms with Crippen LogP contribution in [0.3, 0.4) is 0 Å². The summed E-state index contributed by atoms with van der Waals surface area (Å²) in [6, 6.07) is 7.79. The molecule has 1 saturated heterocycles. The van der Waals surface area contributed by atoms with E-state index in [2.05, 4.69) is 20.5 Å². The summed E-state index contributed by atoms with van der Waals surface area (Å²) in [5, 5.41) is 11.2. The Morgan fingerprint density at radius 3 is 3.16 bits per heavy atom. The molecule has 3 aromatic rings. The molecule has 0 radical (unpaired) electrons. The first-order valence-corrected chi connectivity index (χ1v) is 8.50. The van der Waals surface area contributed by atoms with Gasteiger partial charge in [-0.05, 0) is 12.5 Å². The van der Waals surface area contributed by atoms with Gasteiger partial charge in [0.2, 0.25) is 5.91 Å². The van der Waals surface area contributed by atoms with Crippen LogP contribution in [0, 0.1) is 5.92 Å². The molecule has 2 atom stereocenters. The fraction of sp³-hybridized carbons (Fsp3) is 0.389. The highest BCUT2D eigenvalue weighted by Crippen LogP contribution is 2.32. The zero-order valence-electron chi connectivity index (χ0n) is 14.1. The molecule has 0 saturated carbocycles. The molecular weight excluding hydrogens is 318 g/mol. The molecule has 2 N–H and O–H groups in total. The van der Waals surface area contributed by atoms with Crippen LogP contribution in [0.15, 0.2) is 36.7 Å². The van der Waals surface area contributed by atoms with Crippen molar-refractivity contribution in [2.45, 2.75) is 18.9 Å². The van der Waals surface area contributed by atoms with Gasteiger partial charge in [0, 0.05) is 43.9 Å². The average molecular weight is 339 g/mol. The van der Waals surface area contributed by atoms with E-state index in [0.717, 1.165) is 28.8 Å². The van der Waals surface area contributed by atoms with Gasteiger partial charge >= 0.3 is 0 Å². The summed E-state index contributed by atoms with van der Waals surface area (Å²) in [5.41, 5.74) is 1.72. The van der Waals surface area contributed by atoms with Gasteiger partial charge < -0.3 is 14.6 Å². The van der Waals surface area contributed by atoms with E-state index in [1.807, 2.05) is 42.1 Å². The molecule has 2 aromatic heterocycles. The summed E-state index contributed by atoms with van der Waals surface area (Å²) >= 11 is 0. The minimum atomic E-state index is -0.0618. The molecular formula is C18H21N5O2. The van der Waals surface area contributed by atoms with Crippen LogP contribution in [0.1, 0.15) is 24.0 Å². The zero-order chi connectivity index (χ0) is 17.2. The zero-order valence-corrected chi connectivity index (χ0v) is 14.1. The molecule has 1 aliphatic heterocycles. The van der Waals surface area contributed by atoms with Crippen LogP contribution < -0.4 is 5.32 Å². The number of para-hydroxylation sites is 1. The van der Waals surface area contributed by atoms with E-state index in [-0.39, 0.29) is 17.9 Å². The lowest BCUT2D eigenvalue weighted by atomic mass is 10.0. The number of aryl methyl sites for hydroxylation is 1. The Kier molecular flexibility index (Phi) is 4.23. The predicted octanol–water partition coefficient (Wildman–Crippen LogP) is 1.73. The maximum atomic E-state index is 12.4. The Morgan fingerprint density at radius 2 is 2.32 bits per heavy atom. The van der Waals surface area contributed by atoms with Crippen LogP contribution >= 0.6 is 0 Å². The summed E-state index contributed by atoms with van der Waals surface area (Å²) in [5.74, 6) is 1.14. The minimum Gasteiger partial charge on any atom is -0.370 e. The largest absolute Gasteiger partial charge is 0.370 e. The number of aromatic amines is 1. The monoisotopic (exact) mass is 339 g/mol. The second kappa shape index (κ2) is 6.68. The second-order valence-electron chi connectivity index (χ2n) is 6.44. The number of H-pyrrole nitrogens is 1.